The van der Waals surface area contributed by atoms with Gasteiger partial charge in [0, 0.05) is 31.5 Å². The molecule has 2 aromatic heterocycles. The van der Waals surface area contributed by atoms with Crippen LogP contribution in [0.15, 0.2) is 18.5 Å². The summed E-state index contributed by atoms with van der Waals surface area (Å²) in [6.07, 6.45) is 5.65. The summed E-state index contributed by atoms with van der Waals surface area (Å²) in [5.74, 6) is 1.07. The van der Waals surface area contributed by atoms with Gasteiger partial charge in [0.15, 0.2) is 0 Å². The minimum atomic E-state index is 0.195. The largest absolute Gasteiger partial charge is 0.341 e. The van der Waals surface area contributed by atoms with Crippen LogP contribution in [0.5, 0.6) is 0 Å². The van der Waals surface area contributed by atoms with Crippen LogP contribution in [-0.4, -0.2) is 62.9 Å². The van der Waals surface area contributed by atoms with E-state index >= 15 is 0 Å². The van der Waals surface area contributed by atoms with E-state index < -0.39 is 0 Å². The minimum Gasteiger partial charge on any atom is -0.341 e. The van der Waals surface area contributed by atoms with Crippen molar-refractivity contribution in [2.45, 2.75) is 18.9 Å². The molecule has 0 amide bonds. The van der Waals surface area contributed by atoms with Gasteiger partial charge in [0.25, 0.3) is 5.95 Å². The van der Waals surface area contributed by atoms with Crippen molar-refractivity contribution in [1.29, 1.82) is 0 Å². The first kappa shape index (κ1) is 14.2. The maximum atomic E-state index is 6.03. The number of anilines is 1. The average molecular weight is 308 g/mol. The van der Waals surface area contributed by atoms with Gasteiger partial charge in [0.2, 0.25) is 11.2 Å². The number of hydrogen-bond acceptors (Lipinski definition) is 6. The van der Waals surface area contributed by atoms with Crippen molar-refractivity contribution in [3.8, 4) is 5.95 Å². The van der Waals surface area contributed by atoms with Crippen LogP contribution in [0.2, 0.25) is 5.28 Å². The molecule has 0 saturated carbocycles. The Morgan fingerprint density at radius 3 is 2.48 bits per heavy atom. The first-order chi connectivity index (χ1) is 10.1. The zero-order valence-corrected chi connectivity index (χ0v) is 12.9. The van der Waals surface area contributed by atoms with E-state index in [2.05, 4.69) is 43.9 Å². The Morgan fingerprint density at radius 1 is 1.14 bits per heavy atom. The highest BCUT2D eigenvalue weighted by atomic mass is 35.5. The number of hydrogen-bond donors (Lipinski definition) is 0. The molecule has 1 aliphatic rings. The molecular formula is C13H18ClN7. The highest BCUT2D eigenvalue weighted by molar-refractivity contribution is 6.28. The van der Waals surface area contributed by atoms with Gasteiger partial charge < -0.3 is 9.80 Å². The Balaban J connectivity index is 1.80. The predicted octanol–water partition coefficient (Wildman–Crippen LogP) is 1.24. The van der Waals surface area contributed by atoms with Gasteiger partial charge in [0.1, 0.15) is 0 Å². The lowest BCUT2D eigenvalue weighted by molar-refractivity contribution is 0.249. The Bertz CT molecular complexity index is 591. The van der Waals surface area contributed by atoms with E-state index in [1.54, 1.807) is 17.1 Å². The summed E-state index contributed by atoms with van der Waals surface area (Å²) in [5, 5.41) is 4.32. The molecule has 0 atom stereocenters. The fourth-order valence-electron chi connectivity index (χ4n) is 2.54. The molecule has 0 unspecified atom stereocenters. The zero-order valence-electron chi connectivity index (χ0n) is 12.1. The fraction of sp³-hybridized carbons (Fsp3) is 0.538. The SMILES string of the molecule is CN(C)C1CCN(c2nc(Cl)nc(-n3cccn3)n2)CC1. The smallest absolute Gasteiger partial charge is 0.256 e. The zero-order chi connectivity index (χ0) is 14.8. The van der Waals surface area contributed by atoms with Crippen LogP contribution in [0.3, 0.4) is 0 Å². The van der Waals surface area contributed by atoms with Gasteiger partial charge in [0.05, 0.1) is 0 Å². The van der Waals surface area contributed by atoms with E-state index in [9.17, 15) is 0 Å². The molecule has 8 heteroatoms. The number of nitrogens with zero attached hydrogens (tertiary/aromatic N) is 7. The molecule has 0 spiro atoms. The molecule has 2 aromatic rings. The molecule has 3 heterocycles. The first-order valence-electron chi connectivity index (χ1n) is 6.96. The topological polar surface area (TPSA) is 63.0 Å². The van der Waals surface area contributed by atoms with Crippen molar-refractivity contribution >= 4 is 17.5 Å². The first-order valence-corrected chi connectivity index (χ1v) is 7.34. The lowest BCUT2D eigenvalue weighted by Crippen LogP contribution is -2.42. The third kappa shape index (κ3) is 3.14. The van der Waals surface area contributed by atoms with Crippen molar-refractivity contribution in [1.82, 2.24) is 29.6 Å². The maximum absolute atomic E-state index is 6.03. The molecular weight excluding hydrogens is 290 g/mol. The normalized spacial score (nSPS) is 16.7. The van der Waals surface area contributed by atoms with Gasteiger partial charge in [-0.25, -0.2) is 4.68 Å². The Morgan fingerprint density at radius 2 is 1.86 bits per heavy atom. The molecule has 7 nitrogen and oxygen atoms in total. The van der Waals surface area contributed by atoms with Crippen molar-refractivity contribution < 1.29 is 0 Å². The predicted molar refractivity (Wildman–Crippen MR) is 80.9 cm³/mol. The summed E-state index contributed by atoms with van der Waals surface area (Å²) in [7, 11) is 4.24. The molecule has 3 rings (SSSR count). The molecule has 1 saturated heterocycles. The second-order valence-electron chi connectivity index (χ2n) is 5.34. The number of aromatic nitrogens is 5. The summed E-state index contributed by atoms with van der Waals surface area (Å²) < 4.78 is 1.59. The van der Waals surface area contributed by atoms with E-state index in [1.807, 2.05) is 6.07 Å². The van der Waals surface area contributed by atoms with E-state index in [-0.39, 0.29) is 5.28 Å². The van der Waals surface area contributed by atoms with Crippen molar-refractivity contribution in [2.24, 2.45) is 0 Å². The van der Waals surface area contributed by atoms with Gasteiger partial charge in [-0.1, -0.05) is 0 Å². The molecule has 1 fully saturated rings. The number of halogens is 1. The third-order valence-electron chi connectivity index (χ3n) is 3.77. The summed E-state index contributed by atoms with van der Waals surface area (Å²) in [6, 6.07) is 2.43. The second-order valence-corrected chi connectivity index (χ2v) is 5.67. The van der Waals surface area contributed by atoms with E-state index in [4.69, 9.17) is 11.6 Å². The molecule has 21 heavy (non-hydrogen) atoms. The molecule has 0 radical (unpaired) electrons. The number of piperidine rings is 1. The van der Waals surface area contributed by atoms with Crippen molar-refractivity contribution in [3.63, 3.8) is 0 Å². The summed E-state index contributed by atoms with van der Waals surface area (Å²) in [4.78, 5) is 17.3. The standard InChI is InChI=1S/C13H18ClN7/c1-19(2)10-4-8-20(9-5-10)12-16-11(14)17-13(18-12)21-7-3-6-15-21/h3,6-7,10H,4-5,8-9H2,1-2H3. The van der Waals surface area contributed by atoms with Gasteiger partial charge in [-0.2, -0.15) is 20.1 Å². The minimum absolute atomic E-state index is 0.195. The van der Waals surface area contributed by atoms with Gasteiger partial charge in [-0.15, -0.1) is 0 Å². The van der Waals surface area contributed by atoms with Crippen LogP contribution in [-0.2, 0) is 0 Å². The summed E-state index contributed by atoms with van der Waals surface area (Å²) in [6.45, 7) is 1.84. The second kappa shape index (κ2) is 5.95. The average Bonchev–Trinajstić information content (AvgIpc) is 3.01. The van der Waals surface area contributed by atoms with E-state index in [1.165, 1.54) is 0 Å². The molecule has 0 aliphatic carbocycles. The van der Waals surface area contributed by atoms with E-state index in [0.717, 1.165) is 25.9 Å². The molecule has 112 valence electrons. The molecule has 1 aliphatic heterocycles. The third-order valence-corrected chi connectivity index (χ3v) is 3.94. The summed E-state index contributed by atoms with van der Waals surface area (Å²) in [5.41, 5.74) is 0. The van der Waals surface area contributed by atoms with Crippen LogP contribution in [0.4, 0.5) is 5.95 Å². The van der Waals surface area contributed by atoms with Crippen molar-refractivity contribution in [3.05, 3.63) is 23.7 Å². The lowest BCUT2D eigenvalue weighted by atomic mass is 10.0. The van der Waals surface area contributed by atoms with Crippen LogP contribution >= 0.6 is 11.6 Å². The fourth-order valence-corrected chi connectivity index (χ4v) is 2.69. The number of rotatable bonds is 3. The van der Waals surface area contributed by atoms with Crippen molar-refractivity contribution in [2.75, 3.05) is 32.1 Å². The lowest BCUT2D eigenvalue weighted by Gasteiger charge is -2.35. The van der Waals surface area contributed by atoms with Crippen LogP contribution in [0, 0.1) is 0 Å². The van der Waals surface area contributed by atoms with E-state index in [0.29, 0.717) is 17.9 Å². The van der Waals surface area contributed by atoms with Gasteiger partial charge in [-0.05, 0) is 44.6 Å². The highest BCUT2D eigenvalue weighted by Gasteiger charge is 2.23. The Labute approximate surface area is 128 Å². The summed E-state index contributed by atoms with van der Waals surface area (Å²) >= 11 is 6.03. The van der Waals surface area contributed by atoms with Crippen LogP contribution in [0.1, 0.15) is 12.8 Å². The molecule has 0 aromatic carbocycles. The van der Waals surface area contributed by atoms with Crippen LogP contribution < -0.4 is 4.90 Å². The highest BCUT2D eigenvalue weighted by Crippen LogP contribution is 2.20. The quantitative estimate of drug-likeness (QED) is 0.850. The van der Waals surface area contributed by atoms with Gasteiger partial charge >= 0.3 is 0 Å². The maximum Gasteiger partial charge on any atom is 0.256 e. The molecule has 0 N–H and O–H groups in total. The van der Waals surface area contributed by atoms with Crippen LogP contribution in [0.25, 0.3) is 5.95 Å². The Hall–Kier alpha value is -1.73. The van der Waals surface area contributed by atoms with Gasteiger partial charge in [-0.3, -0.25) is 0 Å². The monoisotopic (exact) mass is 307 g/mol. The molecule has 0 bridgehead atoms. The Kier molecular flexibility index (Phi) is 4.03.